The minimum Gasteiger partial charge on any atom is -0.376 e. The number of aryl methyl sites for hydroxylation is 1. The maximum Gasteiger partial charge on any atom is 0.193 e. The molecule has 1 unspecified atom stereocenters. The SMILES string of the molecule is CN=C(NCc1ccc(F)c(C)c1)N1CCC(OCC2CCCCO2)CC1. The summed E-state index contributed by atoms with van der Waals surface area (Å²) in [6.07, 6.45) is 6.15. The molecule has 0 aliphatic carbocycles. The zero-order valence-electron chi connectivity index (χ0n) is 16.5. The highest BCUT2D eigenvalue weighted by molar-refractivity contribution is 5.79. The Morgan fingerprint density at radius 3 is 2.78 bits per heavy atom. The number of likely N-dealkylation sites (tertiary alicyclic amines) is 1. The fourth-order valence-electron chi connectivity index (χ4n) is 3.75. The fraction of sp³-hybridized carbons (Fsp3) is 0.667. The smallest absolute Gasteiger partial charge is 0.193 e. The number of ether oxygens (including phenoxy) is 2. The van der Waals surface area contributed by atoms with Crippen molar-refractivity contribution in [3.63, 3.8) is 0 Å². The van der Waals surface area contributed by atoms with Crippen molar-refractivity contribution >= 4 is 5.96 Å². The van der Waals surface area contributed by atoms with E-state index in [0.717, 1.165) is 57.1 Å². The molecule has 27 heavy (non-hydrogen) atoms. The number of halogens is 1. The molecule has 0 saturated carbocycles. The highest BCUT2D eigenvalue weighted by Gasteiger charge is 2.23. The van der Waals surface area contributed by atoms with Crippen molar-refractivity contribution in [2.75, 3.05) is 33.4 Å². The van der Waals surface area contributed by atoms with Gasteiger partial charge in [-0.2, -0.15) is 0 Å². The molecule has 0 spiro atoms. The first-order valence-corrected chi connectivity index (χ1v) is 10.1. The first-order valence-electron chi connectivity index (χ1n) is 10.1. The fourth-order valence-corrected chi connectivity index (χ4v) is 3.75. The van der Waals surface area contributed by atoms with Gasteiger partial charge < -0.3 is 19.7 Å². The summed E-state index contributed by atoms with van der Waals surface area (Å²) in [5.41, 5.74) is 1.73. The van der Waals surface area contributed by atoms with Crippen LogP contribution in [0.25, 0.3) is 0 Å². The quantitative estimate of drug-likeness (QED) is 0.632. The van der Waals surface area contributed by atoms with Crippen molar-refractivity contribution in [3.8, 4) is 0 Å². The predicted molar refractivity (Wildman–Crippen MR) is 105 cm³/mol. The summed E-state index contributed by atoms with van der Waals surface area (Å²) in [6, 6.07) is 5.22. The number of hydrogen-bond acceptors (Lipinski definition) is 3. The van der Waals surface area contributed by atoms with Gasteiger partial charge in [-0.15, -0.1) is 0 Å². The predicted octanol–water partition coefficient (Wildman–Crippen LogP) is 3.26. The Morgan fingerprint density at radius 2 is 2.11 bits per heavy atom. The molecular formula is C21H32FN3O2. The van der Waals surface area contributed by atoms with Gasteiger partial charge in [0.15, 0.2) is 5.96 Å². The number of aliphatic imine (C=N–C) groups is 1. The van der Waals surface area contributed by atoms with Gasteiger partial charge in [0.2, 0.25) is 0 Å². The third-order valence-electron chi connectivity index (χ3n) is 5.42. The standard InChI is InChI=1S/C21H32FN3O2/c1-16-13-17(6-7-20(16)22)14-24-21(23-2)25-10-8-18(9-11-25)27-15-19-5-3-4-12-26-19/h6-7,13,18-19H,3-5,8-12,14-15H2,1-2H3,(H,23,24). The summed E-state index contributed by atoms with van der Waals surface area (Å²) in [7, 11) is 1.81. The van der Waals surface area contributed by atoms with Crippen molar-refractivity contribution in [2.24, 2.45) is 4.99 Å². The van der Waals surface area contributed by atoms with Crippen LogP contribution in [-0.2, 0) is 16.0 Å². The van der Waals surface area contributed by atoms with Crippen molar-refractivity contribution in [1.82, 2.24) is 10.2 Å². The first-order chi connectivity index (χ1) is 13.2. The molecule has 2 heterocycles. The van der Waals surface area contributed by atoms with Gasteiger partial charge in [0.05, 0.1) is 18.8 Å². The minimum atomic E-state index is -0.163. The van der Waals surface area contributed by atoms with Crippen LogP contribution < -0.4 is 5.32 Å². The molecule has 0 bridgehead atoms. The molecule has 0 amide bonds. The number of nitrogens with zero attached hydrogens (tertiary/aromatic N) is 2. The van der Waals surface area contributed by atoms with Crippen LogP contribution in [-0.4, -0.2) is 56.4 Å². The van der Waals surface area contributed by atoms with Crippen LogP contribution >= 0.6 is 0 Å². The molecule has 2 fully saturated rings. The summed E-state index contributed by atoms with van der Waals surface area (Å²) in [5.74, 6) is 0.731. The normalized spacial score (nSPS) is 22.1. The third kappa shape index (κ3) is 5.91. The molecule has 0 radical (unpaired) electrons. The lowest BCUT2D eigenvalue weighted by Gasteiger charge is -2.35. The van der Waals surface area contributed by atoms with E-state index >= 15 is 0 Å². The molecule has 5 nitrogen and oxygen atoms in total. The van der Waals surface area contributed by atoms with E-state index in [2.05, 4.69) is 15.2 Å². The average molecular weight is 378 g/mol. The molecule has 1 N–H and O–H groups in total. The molecule has 6 heteroatoms. The molecule has 2 saturated heterocycles. The lowest BCUT2D eigenvalue weighted by atomic mass is 10.1. The van der Waals surface area contributed by atoms with E-state index in [-0.39, 0.29) is 11.9 Å². The lowest BCUT2D eigenvalue weighted by Crippen LogP contribution is -2.47. The summed E-state index contributed by atoms with van der Waals surface area (Å²) >= 11 is 0. The van der Waals surface area contributed by atoms with Gasteiger partial charge in [0.1, 0.15) is 5.82 Å². The van der Waals surface area contributed by atoms with Crippen molar-refractivity contribution < 1.29 is 13.9 Å². The van der Waals surface area contributed by atoms with Crippen molar-refractivity contribution in [3.05, 3.63) is 35.1 Å². The third-order valence-corrected chi connectivity index (χ3v) is 5.42. The molecular weight excluding hydrogens is 345 g/mol. The van der Waals surface area contributed by atoms with Gasteiger partial charge in [-0.05, 0) is 56.2 Å². The van der Waals surface area contributed by atoms with Crippen LogP contribution in [0.5, 0.6) is 0 Å². The van der Waals surface area contributed by atoms with Crippen LogP contribution in [0, 0.1) is 12.7 Å². The van der Waals surface area contributed by atoms with Gasteiger partial charge in [0, 0.05) is 33.3 Å². The lowest BCUT2D eigenvalue weighted by molar-refractivity contribution is -0.0721. The molecule has 2 aliphatic rings. The van der Waals surface area contributed by atoms with Gasteiger partial charge in [0.25, 0.3) is 0 Å². The molecule has 0 aromatic heterocycles. The Bertz CT molecular complexity index is 624. The molecule has 1 atom stereocenters. The van der Waals surface area contributed by atoms with Crippen LogP contribution in [0.4, 0.5) is 4.39 Å². The molecule has 1 aromatic carbocycles. The zero-order chi connectivity index (χ0) is 19.1. The van der Waals surface area contributed by atoms with Crippen LogP contribution in [0.2, 0.25) is 0 Å². The van der Waals surface area contributed by atoms with E-state index in [9.17, 15) is 4.39 Å². The molecule has 1 aromatic rings. The van der Waals surface area contributed by atoms with E-state index in [0.29, 0.717) is 18.2 Å². The van der Waals surface area contributed by atoms with E-state index in [1.54, 1.807) is 14.0 Å². The second-order valence-electron chi connectivity index (χ2n) is 7.49. The summed E-state index contributed by atoms with van der Waals surface area (Å²) < 4.78 is 25.2. The number of piperidine rings is 1. The molecule has 2 aliphatic heterocycles. The van der Waals surface area contributed by atoms with Crippen LogP contribution in [0.3, 0.4) is 0 Å². The Morgan fingerprint density at radius 1 is 1.30 bits per heavy atom. The van der Waals surface area contributed by atoms with E-state index in [1.807, 2.05) is 12.1 Å². The van der Waals surface area contributed by atoms with Crippen molar-refractivity contribution in [1.29, 1.82) is 0 Å². The maximum atomic E-state index is 13.4. The first kappa shape index (κ1) is 20.1. The molecule has 150 valence electrons. The summed E-state index contributed by atoms with van der Waals surface area (Å²) in [5, 5.41) is 3.39. The van der Waals surface area contributed by atoms with Crippen LogP contribution in [0.15, 0.2) is 23.2 Å². The second-order valence-corrected chi connectivity index (χ2v) is 7.49. The number of hydrogen-bond donors (Lipinski definition) is 1. The number of benzene rings is 1. The van der Waals surface area contributed by atoms with E-state index in [4.69, 9.17) is 9.47 Å². The second kappa shape index (κ2) is 10.0. The van der Waals surface area contributed by atoms with E-state index < -0.39 is 0 Å². The van der Waals surface area contributed by atoms with Gasteiger partial charge in [-0.3, -0.25) is 4.99 Å². The van der Waals surface area contributed by atoms with Gasteiger partial charge in [-0.25, -0.2) is 4.39 Å². The Hall–Kier alpha value is -1.66. The highest BCUT2D eigenvalue weighted by atomic mass is 19.1. The number of rotatable bonds is 5. The Kier molecular flexibility index (Phi) is 7.47. The summed E-state index contributed by atoms with van der Waals surface area (Å²) in [4.78, 5) is 6.68. The van der Waals surface area contributed by atoms with E-state index in [1.165, 1.54) is 18.9 Å². The van der Waals surface area contributed by atoms with Gasteiger partial charge in [-0.1, -0.05) is 12.1 Å². The largest absolute Gasteiger partial charge is 0.376 e. The average Bonchev–Trinajstić information content (AvgIpc) is 2.71. The van der Waals surface area contributed by atoms with Crippen molar-refractivity contribution in [2.45, 2.75) is 57.8 Å². The zero-order valence-corrected chi connectivity index (χ0v) is 16.5. The number of guanidine groups is 1. The topological polar surface area (TPSA) is 46.1 Å². The Balaban J connectivity index is 1.40. The Labute approximate surface area is 161 Å². The number of nitrogens with one attached hydrogen (secondary N) is 1. The minimum absolute atomic E-state index is 0.163. The van der Waals surface area contributed by atoms with Gasteiger partial charge >= 0.3 is 0 Å². The molecule has 3 rings (SSSR count). The summed E-state index contributed by atoms with van der Waals surface area (Å²) in [6.45, 7) is 5.89. The highest BCUT2D eigenvalue weighted by Crippen LogP contribution is 2.18. The van der Waals surface area contributed by atoms with Crippen LogP contribution in [0.1, 0.15) is 43.2 Å². The monoisotopic (exact) mass is 377 g/mol. The maximum absolute atomic E-state index is 13.4.